The third kappa shape index (κ3) is 6.84. The summed E-state index contributed by atoms with van der Waals surface area (Å²) in [7, 11) is 1.59. The molecule has 5 nitrogen and oxygen atoms in total. The van der Waals surface area contributed by atoms with E-state index in [9.17, 15) is 4.79 Å². The number of carbonyl (C=O) groups excluding carboxylic acids is 1. The molecule has 0 radical (unpaired) electrons. The summed E-state index contributed by atoms with van der Waals surface area (Å²) in [5, 5.41) is 9.00. The molecule has 1 aromatic carbocycles. The normalized spacial score (nSPS) is 10.4. The summed E-state index contributed by atoms with van der Waals surface area (Å²) in [5.41, 5.74) is 0. The van der Waals surface area contributed by atoms with Gasteiger partial charge in [-0.2, -0.15) is 0 Å². The van der Waals surface area contributed by atoms with Crippen LogP contribution in [0.15, 0.2) is 29.2 Å². The first kappa shape index (κ1) is 17.8. The van der Waals surface area contributed by atoms with E-state index in [2.05, 4.69) is 0 Å². The Morgan fingerprint density at radius 2 is 2.00 bits per heavy atom. The third-order valence-electron chi connectivity index (χ3n) is 2.78. The molecule has 1 N–H and O–H groups in total. The number of carbonyl (C=O) groups is 1. The van der Waals surface area contributed by atoms with Gasteiger partial charge in [-0.05, 0) is 31.2 Å². The largest absolute Gasteiger partial charge is 0.494 e. The van der Waals surface area contributed by atoms with E-state index in [1.807, 2.05) is 31.2 Å². The summed E-state index contributed by atoms with van der Waals surface area (Å²) < 4.78 is 10.3. The van der Waals surface area contributed by atoms with Crippen molar-refractivity contribution in [3.63, 3.8) is 0 Å². The number of thioether (sulfide) groups is 1. The lowest BCUT2D eigenvalue weighted by Gasteiger charge is -2.21. The highest BCUT2D eigenvalue weighted by atomic mass is 32.2. The number of hydrogen-bond donors (Lipinski definition) is 1. The number of ether oxygens (including phenoxy) is 2. The number of aliphatic hydroxyl groups is 1. The van der Waals surface area contributed by atoms with Crippen LogP contribution in [0, 0.1) is 0 Å². The minimum atomic E-state index is -0.0385. The molecule has 0 saturated heterocycles. The van der Waals surface area contributed by atoms with Crippen molar-refractivity contribution in [1.82, 2.24) is 4.90 Å². The van der Waals surface area contributed by atoms with Crippen LogP contribution < -0.4 is 4.74 Å². The van der Waals surface area contributed by atoms with Gasteiger partial charge in [0.25, 0.3) is 0 Å². The van der Waals surface area contributed by atoms with Crippen LogP contribution in [0.5, 0.6) is 5.75 Å². The smallest absolute Gasteiger partial charge is 0.233 e. The second-order valence-electron chi connectivity index (χ2n) is 4.29. The summed E-state index contributed by atoms with van der Waals surface area (Å²) in [6.07, 6.45) is 0. The topological polar surface area (TPSA) is 59.0 Å². The van der Waals surface area contributed by atoms with E-state index < -0.39 is 0 Å². The zero-order valence-electron chi connectivity index (χ0n) is 12.6. The zero-order chi connectivity index (χ0) is 15.5. The lowest BCUT2D eigenvalue weighted by atomic mass is 10.3. The molecular weight excluding hydrogens is 290 g/mol. The number of amides is 1. The quantitative estimate of drug-likeness (QED) is 0.666. The van der Waals surface area contributed by atoms with Crippen LogP contribution in [0.4, 0.5) is 0 Å². The molecule has 0 bridgehead atoms. The van der Waals surface area contributed by atoms with Crippen molar-refractivity contribution in [3.05, 3.63) is 24.3 Å². The molecule has 0 saturated carbocycles. The molecule has 0 fully saturated rings. The molecule has 0 aliphatic rings. The maximum atomic E-state index is 12.1. The number of methoxy groups -OCH3 is 1. The molecule has 1 rings (SSSR count). The molecule has 0 spiro atoms. The van der Waals surface area contributed by atoms with Crippen LogP contribution in [0.3, 0.4) is 0 Å². The first-order chi connectivity index (χ1) is 10.2. The van der Waals surface area contributed by atoms with Crippen molar-refractivity contribution in [2.45, 2.75) is 11.8 Å². The maximum Gasteiger partial charge on any atom is 0.233 e. The number of aliphatic hydroxyl groups excluding tert-OH is 1. The first-order valence-corrected chi connectivity index (χ1v) is 7.93. The third-order valence-corrected chi connectivity index (χ3v) is 3.78. The van der Waals surface area contributed by atoms with E-state index in [1.165, 1.54) is 11.8 Å². The highest BCUT2D eigenvalue weighted by molar-refractivity contribution is 8.00. The molecule has 1 aromatic rings. The van der Waals surface area contributed by atoms with Crippen LogP contribution in [-0.4, -0.2) is 61.7 Å². The second kappa shape index (κ2) is 10.5. The molecule has 0 unspecified atom stereocenters. The monoisotopic (exact) mass is 313 g/mol. The number of rotatable bonds is 10. The molecule has 0 atom stereocenters. The van der Waals surface area contributed by atoms with Gasteiger partial charge in [-0.15, -0.1) is 11.8 Å². The van der Waals surface area contributed by atoms with Gasteiger partial charge in [0, 0.05) is 25.1 Å². The van der Waals surface area contributed by atoms with Gasteiger partial charge in [-0.1, -0.05) is 0 Å². The standard InChI is InChI=1S/C15H23NO4S/c1-3-20-13-4-6-14(7-5-13)21-12-15(18)16(8-10-17)9-11-19-2/h4-7,17H,3,8-12H2,1-2H3. The first-order valence-electron chi connectivity index (χ1n) is 6.94. The number of hydrogen-bond acceptors (Lipinski definition) is 5. The van der Waals surface area contributed by atoms with Crippen LogP contribution in [0.2, 0.25) is 0 Å². The predicted octanol–water partition coefficient (Wildman–Crippen LogP) is 1.64. The van der Waals surface area contributed by atoms with E-state index in [0.717, 1.165) is 10.6 Å². The van der Waals surface area contributed by atoms with Gasteiger partial charge in [0.2, 0.25) is 5.91 Å². The summed E-state index contributed by atoms with van der Waals surface area (Å²) in [6, 6.07) is 7.67. The van der Waals surface area contributed by atoms with Crippen molar-refractivity contribution < 1.29 is 19.4 Å². The Morgan fingerprint density at radius 3 is 2.57 bits per heavy atom. The summed E-state index contributed by atoms with van der Waals surface area (Å²) in [4.78, 5) is 14.7. The van der Waals surface area contributed by atoms with E-state index in [1.54, 1.807) is 12.0 Å². The van der Waals surface area contributed by atoms with Gasteiger partial charge in [-0.3, -0.25) is 4.79 Å². The van der Waals surface area contributed by atoms with E-state index >= 15 is 0 Å². The van der Waals surface area contributed by atoms with Crippen molar-refractivity contribution in [1.29, 1.82) is 0 Å². The summed E-state index contributed by atoms with van der Waals surface area (Å²) in [5.74, 6) is 1.17. The minimum absolute atomic E-state index is 0.0000141. The van der Waals surface area contributed by atoms with E-state index in [0.29, 0.717) is 32.1 Å². The molecule has 118 valence electrons. The Morgan fingerprint density at radius 1 is 1.29 bits per heavy atom. The van der Waals surface area contributed by atoms with E-state index in [-0.39, 0.29) is 12.5 Å². The average molecular weight is 313 g/mol. The molecule has 6 heteroatoms. The van der Waals surface area contributed by atoms with Gasteiger partial charge in [0.1, 0.15) is 5.75 Å². The Labute approximate surface area is 130 Å². The predicted molar refractivity (Wildman–Crippen MR) is 83.9 cm³/mol. The summed E-state index contributed by atoms with van der Waals surface area (Å²) >= 11 is 1.47. The molecule has 1 amide bonds. The lowest BCUT2D eigenvalue weighted by Crippen LogP contribution is -2.37. The Bertz CT molecular complexity index is 411. The number of nitrogens with zero attached hydrogens (tertiary/aromatic N) is 1. The molecule has 0 heterocycles. The van der Waals surface area contributed by atoms with Crippen molar-refractivity contribution in [2.24, 2.45) is 0 Å². The van der Waals surface area contributed by atoms with Crippen LogP contribution in [-0.2, 0) is 9.53 Å². The van der Waals surface area contributed by atoms with Crippen LogP contribution in [0.25, 0.3) is 0 Å². The van der Waals surface area contributed by atoms with Gasteiger partial charge in [0.05, 0.1) is 25.6 Å². The Balaban J connectivity index is 2.45. The van der Waals surface area contributed by atoms with E-state index in [4.69, 9.17) is 14.6 Å². The van der Waals surface area contributed by atoms with Crippen LogP contribution in [0.1, 0.15) is 6.92 Å². The fourth-order valence-electron chi connectivity index (χ4n) is 1.72. The zero-order valence-corrected chi connectivity index (χ0v) is 13.4. The maximum absolute atomic E-state index is 12.1. The molecule has 0 aromatic heterocycles. The fraction of sp³-hybridized carbons (Fsp3) is 0.533. The van der Waals surface area contributed by atoms with Crippen molar-refractivity contribution >= 4 is 17.7 Å². The minimum Gasteiger partial charge on any atom is -0.494 e. The molecule has 0 aliphatic carbocycles. The van der Waals surface area contributed by atoms with Crippen molar-refractivity contribution in [3.8, 4) is 5.75 Å². The Hall–Kier alpha value is -1.24. The SMILES string of the molecule is CCOc1ccc(SCC(=O)N(CCO)CCOC)cc1. The van der Waals surface area contributed by atoms with Crippen molar-refractivity contribution in [2.75, 3.05) is 45.8 Å². The molecule has 0 aliphatic heterocycles. The summed E-state index contributed by atoms with van der Waals surface area (Å²) in [6.45, 7) is 3.85. The fourth-order valence-corrected chi connectivity index (χ4v) is 2.52. The lowest BCUT2D eigenvalue weighted by molar-refractivity contribution is -0.129. The number of benzene rings is 1. The van der Waals surface area contributed by atoms with Gasteiger partial charge < -0.3 is 19.5 Å². The highest BCUT2D eigenvalue weighted by Crippen LogP contribution is 2.21. The van der Waals surface area contributed by atoms with Gasteiger partial charge in [0.15, 0.2) is 0 Å². The van der Waals surface area contributed by atoms with Gasteiger partial charge >= 0.3 is 0 Å². The van der Waals surface area contributed by atoms with Crippen LogP contribution >= 0.6 is 11.8 Å². The van der Waals surface area contributed by atoms with Gasteiger partial charge in [-0.25, -0.2) is 0 Å². The Kier molecular flexibility index (Phi) is 8.89. The highest BCUT2D eigenvalue weighted by Gasteiger charge is 2.13. The molecular formula is C15H23NO4S. The molecule has 21 heavy (non-hydrogen) atoms. The average Bonchev–Trinajstić information content (AvgIpc) is 2.50. The second-order valence-corrected chi connectivity index (χ2v) is 5.34.